The van der Waals surface area contributed by atoms with Gasteiger partial charge < -0.3 is 10.2 Å². The lowest BCUT2D eigenvalue weighted by atomic mass is 10.3. The van der Waals surface area contributed by atoms with Crippen LogP contribution in [0, 0.1) is 0 Å². The van der Waals surface area contributed by atoms with Crippen LogP contribution in [0.3, 0.4) is 0 Å². The van der Waals surface area contributed by atoms with E-state index in [1.54, 1.807) is 0 Å². The standard InChI is InChI=1S/C17H24N2S/c1-3-12-18-13-16-10-11-17(20-16)14-19(4-2)15-8-6-5-7-9-15/h5-11,18H,3-4,12-14H2,1-2H3. The fraction of sp³-hybridized carbons (Fsp3) is 0.412. The number of hydrogen-bond donors (Lipinski definition) is 1. The maximum Gasteiger partial charge on any atom is 0.0522 e. The Labute approximate surface area is 126 Å². The summed E-state index contributed by atoms with van der Waals surface area (Å²) in [5.74, 6) is 0. The van der Waals surface area contributed by atoms with Gasteiger partial charge in [-0.05, 0) is 44.2 Å². The molecule has 0 bridgehead atoms. The zero-order valence-corrected chi connectivity index (χ0v) is 13.2. The summed E-state index contributed by atoms with van der Waals surface area (Å²) in [7, 11) is 0. The number of hydrogen-bond acceptors (Lipinski definition) is 3. The molecular weight excluding hydrogens is 264 g/mol. The number of nitrogens with zero attached hydrogens (tertiary/aromatic N) is 1. The first-order chi connectivity index (χ1) is 9.83. The van der Waals surface area contributed by atoms with Crippen molar-refractivity contribution in [3.05, 3.63) is 52.2 Å². The van der Waals surface area contributed by atoms with E-state index in [2.05, 4.69) is 66.5 Å². The molecular formula is C17H24N2S. The molecule has 0 saturated carbocycles. The fourth-order valence-corrected chi connectivity index (χ4v) is 3.21. The molecule has 20 heavy (non-hydrogen) atoms. The Bertz CT molecular complexity index is 493. The molecule has 0 fully saturated rings. The molecule has 0 saturated heterocycles. The number of rotatable bonds is 8. The maximum atomic E-state index is 3.46. The van der Waals surface area contributed by atoms with E-state index in [-0.39, 0.29) is 0 Å². The van der Waals surface area contributed by atoms with Crippen molar-refractivity contribution in [1.82, 2.24) is 5.32 Å². The van der Waals surface area contributed by atoms with E-state index in [1.165, 1.54) is 21.9 Å². The lowest BCUT2D eigenvalue weighted by Gasteiger charge is -2.22. The molecule has 0 amide bonds. The van der Waals surface area contributed by atoms with Crippen LogP contribution in [0.5, 0.6) is 0 Å². The van der Waals surface area contributed by atoms with E-state index >= 15 is 0 Å². The molecule has 2 rings (SSSR count). The summed E-state index contributed by atoms with van der Waals surface area (Å²) in [5, 5.41) is 3.46. The zero-order valence-electron chi connectivity index (χ0n) is 12.4. The van der Waals surface area contributed by atoms with Crippen LogP contribution in [-0.4, -0.2) is 13.1 Å². The van der Waals surface area contributed by atoms with Crippen LogP contribution in [-0.2, 0) is 13.1 Å². The van der Waals surface area contributed by atoms with Crippen molar-refractivity contribution in [2.24, 2.45) is 0 Å². The number of para-hydroxylation sites is 1. The van der Waals surface area contributed by atoms with Gasteiger partial charge in [-0.25, -0.2) is 0 Å². The molecule has 3 heteroatoms. The molecule has 0 aliphatic carbocycles. The van der Waals surface area contributed by atoms with E-state index in [0.29, 0.717) is 0 Å². The van der Waals surface area contributed by atoms with Crippen LogP contribution < -0.4 is 10.2 Å². The number of benzene rings is 1. The molecule has 1 N–H and O–H groups in total. The Balaban J connectivity index is 1.94. The first-order valence-corrected chi connectivity index (χ1v) is 8.23. The van der Waals surface area contributed by atoms with Gasteiger partial charge in [-0.1, -0.05) is 25.1 Å². The average molecular weight is 288 g/mol. The highest BCUT2D eigenvalue weighted by molar-refractivity contribution is 7.12. The van der Waals surface area contributed by atoms with Gasteiger partial charge in [0.1, 0.15) is 0 Å². The molecule has 0 aliphatic heterocycles. The van der Waals surface area contributed by atoms with Crippen molar-refractivity contribution >= 4 is 17.0 Å². The molecule has 1 aromatic heterocycles. The third kappa shape index (κ3) is 4.36. The Kier molecular flexibility index (Phi) is 6.09. The van der Waals surface area contributed by atoms with Gasteiger partial charge in [-0.15, -0.1) is 11.3 Å². The topological polar surface area (TPSA) is 15.3 Å². The summed E-state index contributed by atoms with van der Waals surface area (Å²) in [6.45, 7) is 8.54. The van der Waals surface area contributed by atoms with Crippen LogP contribution >= 0.6 is 11.3 Å². The highest BCUT2D eigenvalue weighted by Gasteiger charge is 2.07. The second kappa shape index (κ2) is 8.08. The van der Waals surface area contributed by atoms with Crippen LogP contribution in [0.15, 0.2) is 42.5 Å². The van der Waals surface area contributed by atoms with Crippen molar-refractivity contribution in [2.75, 3.05) is 18.0 Å². The third-order valence-electron chi connectivity index (χ3n) is 3.29. The minimum atomic E-state index is 0.996. The smallest absolute Gasteiger partial charge is 0.0522 e. The largest absolute Gasteiger partial charge is 0.367 e. The monoisotopic (exact) mass is 288 g/mol. The first kappa shape index (κ1) is 15.1. The number of thiophene rings is 1. The van der Waals surface area contributed by atoms with E-state index in [1.807, 2.05) is 11.3 Å². The molecule has 1 aromatic carbocycles. The zero-order chi connectivity index (χ0) is 14.2. The van der Waals surface area contributed by atoms with Gasteiger partial charge in [0.25, 0.3) is 0 Å². The Hall–Kier alpha value is -1.32. The minimum absolute atomic E-state index is 0.996. The summed E-state index contributed by atoms with van der Waals surface area (Å²) in [5.41, 5.74) is 1.30. The lowest BCUT2D eigenvalue weighted by molar-refractivity contribution is 0.681. The van der Waals surface area contributed by atoms with Gasteiger partial charge in [0.2, 0.25) is 0 Å². The lowest BCUT2D eigenvalue weighted by Crippen LogP contribution is -2.21. The molecule has 0 radical (unpaired) electrons. The van der Waals surface area contributed by atoms with E-state index in [9.17, 15) is 0 Å². The molecule has 108 valence electrons. The number of nitrogens with one attached hydrogen (secondary N) is 1. The van der Waals surface area contributed by atoms with Gasteiger partial charge in [0.05, 0.1) is 6.54 Å². The van der Waals surface area contributed by atoms with Crippen LogP contribution in [0.1, 0.15) is 30.0 Å². The fourth-order valence-electron chi connectivity index (χ4n) is 2.20. The van der Waals surface area contributed by atoms with Gasteiger partial charge in [0, 0.05) is 28.5 Å². The van der Waals surface area contributed by atoms with Crippen molar-refractivity contribution in [3.8, 4) is 0 Å². The summed E-state index contributed by atoms with van der Waals surface area (Å²) in [6, 6.07) is 15.2. The predicted octanol–water partition coefficient (Wildman–Crippen LogP) is 4.27. The van der Waals surface area contributed by atoms with Crippen molar-refractivity contribution < 1.29 is 0 Å². The highest BCUT2D eigenvalue weighted by Crippen LogP contribution is 2.22. The molecule has 0 atom stereocenters. The summed E-state index contributed by atoms with van der Waals surface area (Å²) in [4.78, 5) is 5.27. The minimum Gasteiger partial charge on any atom is -0.367 e. The highest BCUT2D eigenvalue weighted by atomic mass is 32.1. The predicted molar refractivity (Wildman–Crippen MR) is 89.5 cm³/mol. The normalized spacial score (nSPS) is 10.7. The Morgan fingerprint density at radius 2 is 1.75 bits per heavy atom. The van der Waals surface area contributed by atoms with Crippen LogP contribution in [0.25, 0.3) is 0 Å². The average Bonchev–Trinajstić information content (AvgIpc) is 2.93. The molecule has 2 aromatic rings. The summed E-state index contributed by atoms with van der Waals surface area (Å²) < 4.78 is 0. The molecule has 1 heterocycles. The van der Waals surface area contributed by atoms with Crippen molar-refractivity contribution in [3.63, 3.8) is 0 Å². The van der Waals surface area contributed by atoms with Gasteiger partial charge in [0.15, 0.2) is 0 Å². The SMILES string of the molecule is CCCNCc1ccc(CN(CC)c2ccccc2)s1. The van der Waals surface area contributed by atoms with Crippen LogP contribution in [0.4, 0.5) is 5.69 Å². The molecule has 2 nitrogen and oxygen atoms in total. The Morgan fingerprint density at radius 3 is 2.45 bits per heavy atom. The molecule has 0 unspecified atom stereocenters. The van der Waals surface area contributed by atoms with E-state index in [4.69, 9.17) is 0 Å². The summed E-state index contributed by atoms with van der Waals surface area (Å²) >= 11 is 1.92. The second-order valence-electron chi connectivity index (χ2n) is 4.89. The van der Waals surface area contributed by atoms with Gasteiger partial charge >= 0.3 is 0 Å². The third-order valence-corrected chi connectivity index (χ3v) is 4.36. The second-order valence-corrected chi connectivity index (χ2v) is 6.15. The van der Waals surface area contributed by atoms with E-state index < -0.39 is 0 Å². The number of anilines is 1. The Morgan fingerprint density at radius 1 is 1.00 bits per heavy atom. The van der Waals surface area contributed by atoms with Crippen molar-refractivity contribution in [2.45, 2.75) is 33.4 Å². The van der Waals surface area contributed by atoms with E-state index in [0.717, 1.165) is 26.2 Å². The molecule has 0 spiro atoms. The van der Waals surface area contributed by atoms with Gasteiger partial charge in [-0.2, -0.15) is 0 Å². The first-order valence-electron chi connectivity index (χ1n) is 7.41. The van der Waals surface area contributed by atoms with Crippen molar-refractivity contribution in [1.29, 1.82) is 0 Å². The van der Waals surface area contributed by atoms with Gasteiger partial charge in [-0.3, -0.25) is 0 Å². The van der Waals surface area contributed by atoms with Crippen LogP contribution in [0.2, 0.25) is 0 Å². The maximum absolute atomic E-state index is 3.46. The molecule has 0 aliphatic rings. The summed E-state index contributed by atoms with van der Waals surface area (Å²) in [6.07, 6.45) is 1.19. The quantitative estimate of drug-likeness (QED) is 0.730.